The number of thioether (sulfide) groups is 1. The van der Waals surface area contributed by atoms with Gasteiger partial charge in [0.05, 0.1) is 4.92 Å². The number of anilines is 1. The molecule has 0 bridgehead atoms. The maximum atomic E-state index is 12.2. The van der Waals surface area contributed by atoms with Crippen molar-refractivity contribution >= 4 is 33.2 Å². The van der Waals surface area contributed by atoms with Crippen LogP contribution in [0.3, 0.4) is 0 Å². The van der Waals surface area contributed by atoms with Gasteiger partial charge in [0.25, 0.3) is 0 Å². The Bertz CT molecular complexity index is 589. The lowest BCUT2D eigenvalue weighted by atomic mass is 10.3. The van der Waals surface area contributed by atoms with Crippen LogP contribution in [0.25, 0.3) is 0 Å². The molecule has 9 heteroatoms. The molecule has 0 saturated heterocycles. The van der Waals surface area contributed by atoms with E-state index in [9.17, 15) is 18.5 Å². The highest BCUT2D eigenvalue weighted by atomic mass is 32.2. The number of nitrogens with one attached hydrogen (secondary N) is 1. The number of sulfonamides is 1. The molecule has 0 saturated carbocycles. The quantitative estimate of drug-likeness (QED) is 0.448. The molecule has 112 valence electrons. The molecule has 1 atom stereocenters. The van der Waals surface area contributed by atoms with Crippen LogP contribution in [0.5, 0.6) is 0 Å². The zero-order chi connectivity index (χ0) is 15.3. The number of nitrogens with zero attached hydrogens (tertiary/aromatic N) is 1. The van der Waals surface area contributed by atoms with Crippen LogP contribution in [-0.4, -0.2) is 31.4 Å². The summed E-state index contributed by atoms with van der Waals surface area (Å²) in [5, 5.41) is 11.0. The van der Waals surface area contributed by atoms with Crippen molar-refractivity contribution in [1.29, 1.82) is 0 Å². The summed E-state index contributed by atoms with van der Waals surface area (Å²) in [5.41, 5.74) is 4.74. The maximum Gasteiger partial charge on any atom is 0.312 e. The molecule has 7 nitrogen and oxygen atoms in total. The predicted octanol–water partition coefficient (Wildman–Crippen LogP) is 1.60. The minimum absolute atomic E-state index is 0.172. The fourth-order valence-electron chi connectivity index (χ4n) is 1.63. The second-order valence-electron chi connectivity index (χ2n) is 4.25. The van der Waals surface area contributed by atoms with Crippen LogP contribution in [-0.2, 0) is 10.0 Å². The van der Waals surface area contributed by atoms with Crippen molar-refractivity contribution in [3.8, 4) is 0 Å². The Morgan fingerprint density at radius 1 is 1.50 bits per heavy atom. The van der Waals surface area contributed by atoms with Gasteiger partial charge in [0.15, 0.2) is 4.90 Å². The number of rotatable bonds is 7. The first-order valence-electron chi connectivity index (χ1n) is 5.83. The Balaban J connectivity index is 3.10. The topological polar surface area (TPSA) is 115 Å². The van der Waals surface area contributed by atoms with Gasteiger partial charge in [-0.15, -0.1) is 0 Å². The molecule has 1 unspecified atom stereocenters. The molecule has 0 fully saturated rings. The van der Waals surface area contributed by atoms with Gasteiger partial charge in [0.1, 0.15) is 5.69 Å². The number of nitrogen functional groups attached to an aromatic ring is 1. The van der Waals surface area contributed by atoms with Gasteiger partial charge in [-0.2, -0.15) is 11.8 Å². The summed E-state index contributed by atoms with van der Waals surface area (Å²) in [7, 11) is -3.97. The van der Waals surface area contributed by atoms with E-state index in [1.54, 1.807) is 18.7 Å². The fourth-order valence-corrected chi connectivity index (χ4v) is 3.70. The number of hydrogen-bond donors (Lipinski definition) is 2. The molecule has 0 spiro atoms. The number of nitro groups is 1. The Morgan fingerprint density at radius 2 is 2.15 bits per heavy atom. The van der Waals surface area contributed by atoms with E-state index < -0.39 is 25.5 Å². The summed E-state index contributed by atoms with van der Waals surface area (Å²) in [6.45, 7) is 1.71. The van der Waals surface area contributed by atoms with E-state index in [0.717, 1.165) is 5.75 Å². The third kappa shape index (κ3) is 4.09. The highest BCUT2D eigenvalue weighted by Crippen LogP contribution is 2.29. The second kappa shape index (κ2) is 6.91. The number of benzene rings is 1. The van der Waals surface area contributed by atoms with E-state index >= 15 is 0 Å². The molecule has 1 aromatic carbocycles. The first kappa shape index (κ1) is 16.7. The average molecular weight is 319 g/mol. The molecule has 0 amide bonds. The van der Waals surface area contributed by atoms with E-state index in [1.165, 1.54) is 18.2 Å². The molecule has 0 aliphatic carbocycles. The second-order valence-corrected chi connectivity index (χ2v) is 6.92. The normalized spacial score (nSPS) is 13.1. The predicted molar refractivity (Wildman–Crippen MR) is 80.3 cm³/mol. The first-order chi connectivity index (χ1) is 9.29. The summed E-state index contributed by atoms with van der Waals surface area (Å²) < 4.78 is 26.8. The van der Waals surface area contributed by atoms with Gasteiger partial charge in [-0.3, -0.25) is 10.1 Å². The van der Waals surface area contributed by atoms with E-state index in [0.29, 0.717) is 6.42 Å². The van der Waals surface area contributed by atoms with E-state index in [-0.39, 0.29) is 11.7 Å². The smallest absolute Gasteiger partial charge is 0.312 e. The molecule has 1 aromatic rings. The van der Waals surface area contributed by atoms with Crippen molar-refractivity contribution in [3.05, 3.63) is 28.3 Å². The number of nitrogens with two attached hydrogens (primary N) is 1. The highest BCUT2D eigenvalue weighted by Gasteiger charge is 2.28. The molecule has 1 rings (SSSR count). The number of para-hydroxylation sites is 1. The summed E-state index contributed by atoms with van der Waals surface area (Å²) in [6, 6.07) is 3.55. The standard InChI is InChI=1S/C11H17N3O4S2/c1-8(6-7-19-2)13-20(17,18)10-5-3-4-9(12)11(10)14(15)16/h3-5,8,13H,6-7,12H2,1-2H3. The Hall–Kier alpha value is -1.32. The lowest BCUT2D eigenvalue weighted by Crippen LogP contribution is -2.33. The van der Waals surface area contributed by atoms with Crippen molar-refractivity contribution in [3.63, 3.8) is 0 Å². The van der Waals surface area contributed by atoms with Gasteiger partial charge in [0, 0.05) is 6.04 Å². The zero-order valence-electron chi connectivity index (χ0n) is 11.2. The van der Waals surface area contributed by atoms with E-state index in [4.69, 9.17) is 5.73 Å². The summed E-state index contributed by atoms with van der Waals surface area (Å²) in [4.78, 5) is 9.79. The van der Waals surface area contributed by atoms with Crippen molar-refractivity contribution in [2.75, 3.05) is 17.7 Å². The molecular formula is C11H17N3O4S2. The van der Waals surface area contributed by atoms with E-state index in [1.807, 2.05) is 6.26 Å². The van der Waals surface area contributed by atoms with Crippen LogP contribution >= 0.6 is 11.8 Å². The molecule has 0 aliphatic rings. The largest absolute Gasteiger partial charge is 0.393 e. The van der Waals surface area contributed by atoms with Crippen LogP contribution in [0.4, 0.5) is 11.4 Å². The summed E-state index contributed by atoms with van der Waals surface area (Å²) in [5.74, 6) is 0.794. The highest BCUT2D eigenvalue weighted by molar-refractivity contribution is 7.98. The van der Waals surface area contributed by atoms with Gasteiger partial charge < -0.3 is 5.73 Å². The van der Waals surface area contributed by atoms with E-state index in [2.05, 4.69) is 4.72 Å². The van der Waals surface area contributed by atoms with Crippen LogP contribution in [0, 0.1) is 10.1 Å². The lowest BCUT2D eigenvalue weighted by Gasteiger charge is -2.14. The Kier molecular flexibility index (Phi) is 5.78. The van der Waals surface area contributed by atoms with Crippen molar-refractivity contribution in [1.82, 2.24) is 4.72 Å². The van der Waals surface area contributed by atoms with Crippen molar-refractivity contribution in [2.24, 2.45) is 0 Å². The molecule has 20 heavy (non-hydrogen) atoms. The van der Waals surface area contributed by atoms with Crippen LogP contribution in [0.15, 0.2) is 23.1 Å². The molecule has 0 aromatic heterocycles. The monoisotopic (exact) mass is 319 g/mol. The fraction of sp³-hybridized carbons (Fsp3) is 0.455. The molecular weight excluding hydrogens is 302 g/mol. The van der Waals surface area contributed by atoms with Crippen LogP contribution in [0.1, 0.15) is 13.3 Å². The Morgan fingerprint density at radius 3 is 2.70 bits per heavy atom. The van der Waals surface area contributed by atoms with Crippen molar-refractivity contribution in [2.45, 2.75) is 24.3 Å². The molecule has 0 aliphatic heterocycles. The summed E-state index contributed by atoms with van der Waals surface area (Å²) in [6.07, 6.45) is 2.56. The lowest BCUT2D eigenvalue weighted by molar-refractivity contribution is -0.386. The van der Waals surface area contributed by atoms with Crippen molar-refractivity contribution < 1.29 is 13.3 Å². The number of hydrogen-bond acceptors (Lipinski definition) is 6. The zero-order valence-corrected chi connectivity index (χ0v) is 12.8. The Labute approximate surface area is 122 Å². The molecule has 0 radical (unpaired) electrons. The molecule has 0 heterocycles. The van der Waals surface area contributed by atoms with Gasteiger partial charge in [0.2, 0.25) is 10.0 Å². The van der Waals surface area contributed by atoms with Gasteiger partial charge >= 0.3 is 5.69 Å². The van der Waals surface area contributed by atoms with Crippen LogP contribution < -0.4 is 10.5 Å². The first-order valence-corrected chi connectivity index (χ1v) is 8.71. The average Bonchev–Trinajstić information content (AvgIpc) is 2.35. The molecule has 3 N–H and O–H groups in total. The summed E-state index contributed by atoms with van der Waals surface area (Å²) >= 11 is 1.60. The van der Waals surface area contributed by atoms with Gasteiger partial charge in [-0.05, 0) is 37.5 Å². The van der Waals surface area contributed by atoms with Gasteiger partial charge in [-0.1, -0.05) is 6.07 Å². The van der Waals surface area contributed by atoms with Crippen LogP contribution in [0.2, 0.25) is 0 Å². The SMILES string of the molecule is CSCCC(C)NS(=O)(=O)c1cccc(N)c1[N+](=O)[O-]. The minimum Gasteiger partial charge on any atom is -0.393 e. The maximum absolute atomic E-state index is 12.2. The third-order valence-corrected chi connectivity index (χ3v) is 4.88. The third-order valence-electron chi connectivity index (χ3n) is 2.61. The minimum atomic E-state index is -3.97. The van der Waals surface area contributed by atoms with Gasteiger partial charge in [-0.25, -0.2) is 13.1 Å². The number of nitro benzene ring substituents is 1.